The second-order valence-electron chi connectivity index (χ2n) is 10.8. The molecule has 3 unspecified atom stereocenters. The van der Waals surface area contributed by atoms with Crippen LogP contribution in [-0.2, 0) is 22.3 Å². The van der Waals surface area contributed by atoms with Gasteiger partial charge in [-0.05, 0) is 50.7 Å². The van der Waals surface area contributed by atoms with Gasteiger partial charge in [0.05, 0.1) is 30.3 Å². The number of anilines is 1. The van der Waals surface area contributed by atoms with Crippen molar-refractivity contribution in [3.63, 3.8) is 0 Å². The standard InChI is InChI=1S/C30H33F4N5O3S/c1-5-24(40)39-17(2)13-37(14-18(39)3)28-22-12-23(30(32,33)34)25(19-6-8-20(31)9-7-19)27-26(22)38(29(41)36-28)15-21(16-43-27)42-11-10-35-4/h5-9,12,17-18,21,35H,1,10-11,13-16H2,2-4H3. The van der Waals surface area contributed by atoms with Crippen LogP contribution in [0.25, 0.3) is 22.0 Å². The third kappa shape index (κ3) is 6.02. The van der Waals surface area contributed by atoms with Gasteiger partial charge in [-0.1, -0.05) is 18.7 Å². The second kappa shape index (κ2) is 12.3. The van der Waals surface area contributed by atoms with Gasteiger partial charge in [-0.25, -0.2) is 9.18 Å². The smallest absolute Gasteiger partial charge is 0.374 e. The van der Waals surface area contributed by atoms with Gasteiger partial charge in [0.2, 0.25) is 5.91 Å². The quantitative estimate of drug-likeness (QED) is 0.236. The number of thioether (sulfide) groups is 1. The van der Waals surface area contributed by atoms with Gasteiger partial charge in [-0.2, -0.15) is 18.2 Å². The zero-order valence-electron chi connectivity index (χ0n) is 24.1. The molecule has 43 heavy (non-hydrogen) atoms. The second-order valence-corrected chi connectivity index (χ2v) is 11.8. The van der Waals surface area contributed by atoms with Crippen LogP contribution in [0.1, 0.15) is 19.4 Å². The molecule has 0 aliphatic carbocycles. The zero-order chi connectivity index (χ0) is 31.1. The molecule has 1 saturated heterocycles. The minimum Gasteiger partial charge on any atom is -0.374 e. The highest BCUT2D eigenvalue weighted by molar-refractivity contribution is 7.99. The Kier molecular flexibility index (Phi) is 8.87. The van der Waals surface area contributed by atoms with E-state index in [4.69, 9.17) is 4.74 Å². The highest BCUT2D eigenvalue weighted by atomic mass is 32.2. The third-order valence-corrected chi connectivity index (χ3v) is 9.01. The van der Waals surface area contributed by atoms with E-state index in [1.807, 2.05) is 13.8 Å². The summed E-state index contributed by atoms with van der Waals surface area (Å²) in [6, 6.07) is 5.29. The number of rotatable bonds is 7. The number of ether oxygens (including phenoxy) is 1. The summed E-state index contributed by atoms with van der Waals surface area (Å²) in [7, 11) is 1.78. The van der Waals surface area contributed by atoms with E-state index in [0.29, 0.717) is 24.4 Å². The van der Waals surface area contributed by atoms with E-state index in [2.05, 4.69) is 16.9 Å². The van der Waals surface area contributed by atoms with Crippen molar-refractivity contribution < 1.29 is 27.1 Å². The Hall–Kier alpha value is -3.42. The molecule has 5 rings (SSSR count). The summed E-state index contributed by atoms with van der Waals surface area (Å²) < 4.78 is 65.8. The number of benzene rings is 2. The monoisotopic (exact) mass is 619 g/mol. The topological polar surface area (TPSA) is 79.7 Å². The third-order valence-electron chi connectivity index (χ3n) is 7.79. The van der Waals surface area contributed by atoms with E-state index in [9.17, 15) is 27.2 Å². The first-order valence-corrected chi connectivity index (χ1v) is 15.0. The van der Waals surface area contributed by atoms with Crippen LogP contribution in [-0.4, -0.2) is 77.6 Å². The first-order chi connectivity index (χ1) is 20.4. The lowest BCUT2D eigenvalue weighted by Crippen LogP contribution is -2.58. The van der Waals surface area contributed by atoms with Crippen molar-refractivity contribution in [3.8, 4) is 11.1 Å². The zero-order valence-corrected chi connectivity index (χ0v) is 24.9. The lowest BCUT2D eigenvalue weighted by molar-refractivity contribution is -0.137. The van der Waals surface area contributed by atoms with Crippen LogP contribution in [0.3, 0.4) is 0 Å². The summed E-state index contributed by atoms with van der Waals surface area (Å²) in [5.74, 6) is -0.394. The van der Waals surface area contributed by atoms with Crippen LogP contribution in [0.4, 0.5) is 23.4 Å². The van der Waals surface area contributed by atoms with Gasteiger partial charge in [0, 0.05) is 53.3 Å². The van der Waals surface area contributed by atoms with Crippen molar-refractivity contribution in [1.82, 2.24) is 19.8 Å². The molecule has 0 radical (unpaired) electrons. The number of nitrogens with one attached hydrogen (secondary N) is 1. The molecule has 2 aliphatic heterocycles. The Balaban J connectivity index is 1.76. The Morgan fingerprint density at radius 3 is 2.47 bits per heavy atom. The van der Waals surface area contributed by atoms with Gasteiger partial charge in [0.25, 0.3) is 0 Å². The van der Waals surface area contributed by atoms with Crippen molar-refractivity contribution in [1.29, 1.82) is 0 Å². The summed E-state index contributed by atoms with van der Waals surface area (Å²) in [6.45, 7) is 8.78. The van der Waals surface area contributed by atoms with Crippen LogP contribution in [0.2, 0.25) is 0 Å². The lowest BCUT2D eigenvalue weighted by atomic mass is 9.96. The first kappa shape index (κ1) is 31.0. The predicted molar refractivity (Wildman–Crippen MR) is 159 cm³/mol. The van der Waals surface area contributed by atoms with Crippen LogP contribution < -0.4 is 15.9 Å². The molecule has 13 heteroatoms. The van der Waals surface area contributed by atoms with Crippen LogP contribution in [0, 0.1) is 5.82 Å². The van der Waals surface area contributed by atoms with Gasteiger partial charge in [-0.3, -0.25) is 9.36 Å². The molecule has 2 aliphatic rings. The Labute approximate surface area is 250 Å². The molecule has 2 aromatic carbocycles. The van der Waals surface area contributed by atoms with Crippen molar-refractivity contribution in [2.45, 2.75) is 49.7 Å². The van der Waals surface area contributed by atoms with E-state index in [1.54, 1.807) is 16.8 Å². The molecule has 8 nitrogen and oxygen atoms in total. The summed E-state index contributed by atoms with van der Waals surface area (Å²) in [4.78, 5) is 34.3. The number of likely N-dealkylation sites (N-methyl/N-ethyl adjacent to an activating group) is 1. The number of hydrogen-bond donors (Lipinski definition) is 1. The minimum atomic E-state index is -4.77. The molecule has 1 N–H and O–H groups in total. The lowest BCUT2D eigenvalue weighted by Gasteiger charge is -2.44. The molecular formula is C30H33F4N5O3S. The normalized spacial score (nSPS) is 20.8. The van der Waals surface area contributed by atoms with Crippen LogP contribution >= 0.6 is 11.8 Å². The highest BCUT2D eigenvalue weighted by Gasteiger charge is 2.39. The van der Waals surface area contributed by atoms with Crippen molar-refractivity contribution in [3.05, 3.63) is 64.9 Å². The van der Waals surface area contributed by atoms with Gasteiger partial charge in [0.15, 0.2) is 0 Å². The summed E-state index contributed by atoms with van der Waals surface area (Å²) >= 11 is 1.19. The number of hydrogen-bond acceptors (Lipinski definition) is 7. The summed E-state index contributed by atoms with van der Waals surface area (Å²) in [5.41, 5.74) is -1.11. The predicted octanol–water partition coefficient (Wildman–Crippen LogP) is 4.54. The first-order valence-electron chi connectivity index (χ1n) is 14.0. The number of alkyl halides is 3. The number of nitrogens with zero attached hydrogens (tertiary/aromatic N) is 4. The maximum absolute atomic E-state index is 14.8. The van der Waals surface area contributed by atoms with E-state index < -0.39 is 29.4 Å². The average Bonchev–Trinajstić information content (AvgIpc) is 3.15. The molecule has 0 saturated carbocycles. The maximum Gasteiger partial charge on any atom is 0.417 e. The molecule has 1 amide bonds. The fourth-order valence-electron chi connectivity index (χ4n) is 5.97. The molecule has 230 valence electrons. The van der Waals surface area contributed by atoms with Crippen LogP contribution in [0.15, 0.2) is 52.7 Å². The van der Waals surface area contributed by atoms with E-state index >= 15 is 0 Å². The average molecular weight is 620 g/mol. The van der Waals surface area contributed by atoms with Crippen molar-refractivity contribution in [2.75, 3.05) is 43.9 Å². The van der Waals surface area contributed by atoms with E-state index in [0.717, 1.165) is 18.2 Å². The molecule has 0 bridgehead atoms. The fraction of sp³-hybridized carbons (Fsp3) is 0.433. The number of carbonyl (C=O) groups excluding carboxylic acids is 1. The molecule has 3 aromatic rings. The Bertz CT molecular complexity index is 1580. The number of amides is 1. The SMILES string of the molecule is C=CC(=O)N1C(C)CN(c2nc(=O)n3c4c(c(-c5ccc(F)cc5)c(C(F)(F)F)cc24)SCC(OCCNC)C3)CC1C. The Morgan fingerprint density at radius 2 is 1.86 bits per heavy atom. The number of carbonyl (C=O) groups is 1. The van der Waals surface area contributed by atoms with E-state index in [1.165, 1.54) is 34.5 Å². The van der Waals surface area contributed by atoms with Crippen molar-refractivity contribution >= 4 is 34.4 Å². The largest absolute Gasteiger partial charge is 0.417 e. The summed E-state index contributed by atoms with van der Waals surface area (Å²) in [6.07, 6.45) is -4.00. The molecule has 3 atom stereocenters. The molecule has 3 heterocycles. The number of halogens is 4. The summed E-state index contributed by atoms with van der Waals surface area (Å²) in [5, 5.41) is 3.17. The molecule has 0 spiro atoms. The number of aromatic nitrogens is 2. The van der Waals surface area contributed by atoms with Gasteiger partial charge >= 0.3 is 11.9 Å². The molecule has 1 fully saturated rings. The van der Waals surface area contributed by atoms with Gasteiger partial charge < -0.3 is 19.9 Å². The molecule has 1 aromatic heterocycles. The number of piperazine rings is 1. The maximum atomic E-state index is 14.8. The van der Waals surface area contributed by atoms with Gasteiger partial charge in [-0.15, -0.1) is 11.8 Å². The van der Waals surface area contributed by atoms with E-state index in [-0.39, 0.29) is 64.9 Å². The molecular weight excluding hydrogens is 586 g/mol. The Morgan fingerprint density at radius 1 is 1.19 bits per heavy atom. The van der Waals surface area contributed by atoms with Crippen LogP contribution in [0.5, 0.6) is 0 Å². The van der Waals surface area contributed by atoms with Crippen molar-refractivity contribution in [2.24, 2.45) is 0 Å². The minimum absolute atomic E-state index is 0.106. The highest BCUT2D eigenvalue weighted by Crippen LogP contribution is 2.48. The van der Waals surface area contributed by atoms with Gasteiger partial charge in [0.1, 0.15) is 11.6 Å². The fourth-order valence-corrected chi connectivity index (χ4v) is 7.25.